The highest BCUT2D eigenvalue weighted by Gasteiger charge is 2.11. The first-order valence-electron chi connectivity index (χ1n) is 5.38. The van der Waals surface area contributed by atoms with Crippen LogP contribution in [0.15, 0.2) is 22.6 Å². The zero-order valence-corrected chi connectivity index (χ0v) is 9.47. The van der Waals surface area contributed by atoms with Crippen LogP contribution in [0, 0.1) is 0 Å². The predicted octanol–water partition coefficient (Wildman–Crippen LogP) is 1.94. The summed E-state index contributed by atoms with van der Waals surface area (Å²) in [6.07, 6.45) is 0. The van der Waals surface area contributed by atoms with Gasteiger partial charge in [-0.1, -0.05) is 19.9 Å². The first kappa shape index (κ1) is 11.1. The van der Waals surface area contributed by atoms with Gasteiger partial charge in [0.2, 0.25) is 0 Å². The van der Waals surface area contributed by atoms with E-state index in [1.165, 1.54) is 0 Å². The van der Waals surface area contributed by atoms with Crippen molar-refractivity contribution in [1.82, 2.24) is 4.98 Å². The summed E-state index contributed by atoms with van der Waals surface area (Å²) in [7, 11) is 0. The Kier molecular flexibility index (Phi) is 2.94. The van der Waals surface area contributed by atoms with E-state index in [1.807, 2.05) is 32.0 Å². The zero-order chi connectivity index (χ0) is 11.7. The molecule has 1 atom stereocenters. The minimum absolute atomic E-state index is 0.0727. The summed E-state index contributed by atoms with van der Waals surface area (Å²) in [5.74, 6) is 0.993. The van der Waals surface area contributed by atoms with Crippen LogP contribution in [0.2, 0.25) is 0 Å². The first-order valence-corrected chi connectivity index (χ1v) is 5.38. The van der Waals surface area contributed by atoms with Crippen molar-refractivity contribution in [2.45, 2.75) is 25.8 Å². The summed E-state index contributed by atoms with van der Waals surface area (Å²) in [6.45, 7) is 3.99. The fraction of sp³-hybridized carbons (Fsp3) is 0.417. The molecule has 1 heterocycles. The Balaban J connectivity index is 2.45. The molecule has 0 spiro atoms. The summed E-state index contributed by atoms with van der Waals surface area (Å²) >= 11 is 0. The molecule has 2 rings (SSSR count). The minimum atomic E-state index is -0.364. The first-order chi connectivity index (χ1) is 7.61. The van der Waals surface area contributed by atoms with Crippen molar-refractivity contribution in [1.29, 1.82) is 0 Å². The van der Waals surface area contributed by atoms with Crippen LogP contribution in [-0.2, 0) is 0 Å². The van der Waals surface area contributed by atoms with Crippen LogP contribution in [0.25, 0.3) is 11.1 Å². The average Bonchev–Trinajstić information content (AvgIpc) is 2.70. The summed E-state index contributed by atoms with van der Waals surface area (Å²) in [6, 6.07) is 5.22. The SMILES string of the molecule is CC(C)c1nc2ccc(C(N)CO)cc2o1. The number of oxazole rings is 1. The fourth-order valence-corrected chi connectivity index (χ4v) is 1.54. The highest BCUT2D eigenvalue weighted by atomic mass is 16.3. The van der Waals surface area contributed by atoms with Crippen molar-refractivity contribution in [3.8, 4) is 0 Å². The molecular formula is C12H16N2O2. The van der Waals surface area contributed by atoms with Crippen LogP contribution in [0.1, 0.15) is 37.3 Å². The summed E-state index contributed by atoms with van der Waals surface area (Å²) in [5, 5.41) is 8.98. The van der Waals surface area contributed by atoms with Crippen molar-refractivity contribution in [3.63, 3.8) is 0 Å². The molecule has 86 valence electrons. The molecule has 4 nitrogen and oxygen atoms in total. The lowest BCUT2D eigenvalue weighted by Crippen LogP contribution is -2.14. The van der Waals surface area contributed by atoms with Crippen molar-refractivity contribution in [2.24, 2.45) is 5.73 Å². The third-order valence-corrected chi connectivity index (χ3v) is 2.55. The number of fused-ring (bicyclic) bond motifs is 1. The van der Waals surface area contributed by atoms with Crippen LogP contribution in [0.4, 0.5) is 0 Å². The van der Waals surface area contributed by atoms with Gasteiger partial charge in [0.15, 0.2) is 11.5 Å². The van der Waals surface area contributed by atoms with Crippen molar-refractivity contribution in [2.75, 3.05) is 6.61 Å². The van der Waals surface area contributed by atoms with Gasteiger partial charge in [0, 0.05) is 5.92 Å². The van der Waals surface area contributed by atoms with Crippen LogP contribution in [0.3, 0.4) is 0 Å². The molecule has 0 amide bonds. The van der Waals surface area contributed by atoms with Gasteiger partial charge in [-0.05, 0) is 17.7 Å². The zero-order valence-electron chi connectivity index (χ0n) is 9.47. The van der Waals surface area contributed by atoms with Crippen LogP contribution >= 0.6 is 0 Å². The van der Waals surface area contributed by atoms with E-state index in [-0.39, 0.29) is 18.6 Å². The molecule has 2 aromatic rings. The Labute approximate surface area is 94.1 Å². The highest BCUT2D eigenvalue weighted by Crippen LogP contribution is 2.23. The molecule has 1 aromatic carbocycles. The molecule has 0 fully saturated rings. The van der Waals surface area contributed by atoms with E-state index in [2.05, 4.69) is 4.98 Å². The number of nitrogens with zero attached hydrogens (tertiary/aromatic N) is 1. The summed E-state index contributed by atoms with van der Waals surface area (Å²) in [5.41, 5.74) is 8.16. The number of aromatic nitrogens is 1. The smallest absolute Gasteiger partial charge is 0.198 e. The van der Waals surface area contributed by atoms with Crippen molar-refractivity contribution in [3.05, 3.63) is 29.7 Å². The average molecular weight is 220 g/mol. The molecule has 4 heteroatoms. The standard InChI is InChI=1S/C12H16N2O2/c1-7(2)12-14-10-4-3-8(9(13)6-15)5-11(10)16-12/h3-5,7,9,15H,6,13H2,1-2H3. The lowest BCUT2D eigenvalue weighted by Gasteiger charge is -2.06. The van der Waals surface area contributed by atoms with E-state index in [0.717, 1.165) is 22.6 Å². The molecule has 0 aliphatic carbocycles. The Morgan fingerprint density at radius 1 is 1.44 bits per heavy atom. The number of hydrogen-bond donors (Lipinski definition) is 2. The molecule has 0 saturated carbocycles. The third kappa shape index (κ3) is 1.94. The largest absolute Gasteiger partial charge is 0.440 e. The Bertz CT molecular complexity index is 491. The summed E-state index contributed by atoms with van der Waals surface area (Å²) in [4.78, 5) is 4.37. The lowest BCUT2D eigenvalue weighted by atomic mass is 10.1. The van der Waals surface area contributed by atoms with Gasteiger partial charge in [-0.2, -0.15) is 0 Å². The second-order valence-corrected chi connectivity index (χ2v) is 4.22. The van der Waals surface area contributed by atoms with Gasteiger partial charge >= 0.3 is 0 Å². The molecular weight excluding hydrogens is 204 g/mol. The maximum absolute atomic E-state index is 8.98. The van der Waals surface area contributed by atoms with Gasteiger partial charge in [0.25, 0.3) is 0 Å². The van der Waals surface area contributed by atoms with E-state index < -0.39 is 0 Å². The third-order valence-electron chi connectivity index (χ3n) is 2.55. The second-order valence-electron chi connectivity index (χ2n) is 4.22. The monoisotopic (exact) mass is 220 g/mol. The quantitative estimate of drug-likeness (QED) is 0.829. The normalized spacial score (nSPS) is 13.6. The van der Waals surface area contributed by atoms with E-state index in [4.69, 9.17) is 15.3 Å². The van der Waals surface area contributed by atoms with Gasteiger partial charge < -0.3 is 15.3 Å². The summed E-state index contributed by atoms with van der Waals surface area (Å²) < 4.78 is 5.62. The maximum Gasteiger partial charge on any atom is 0.198 e. The van der Waals surface area contributed by atoms with E-state index in [9.17, 15) is 0 Å². The molecule has 0 radical (unpaired) electrons. The van der Waals surface area contributed by atoms with E-state index in [1.54, 1.807) is 0 Å². The van der Waals surface area contributed by atoms with Gasteiger partial charge in [0.05, 0.1) is 12.6 Å². The van der Waals surface area contributed by atoms with Crippen molar-refractivity contribution >= 4 is 11.1 Å². The predicted molar refractivity (Wildman–Crippen MR) is 62.1 cm³/mol. The molecule has 16 heavy (non-hydrogen) atoms. The maximum atomic E-state index is 8.98. The van der Waals surface area contributed by atoms with Crippen LogP contribution in [-0.4, -0.2) is 16.7 Å². The van der Waals surface area contributed by atoms with Gasteiger partial charge in [-0.3, -0.25) is 0 Å². The topological polar surface area (TPSA) is 72.3 Å². The van der Waals surface area contributed by atoms with E-state index in [0.29, 0.717) is 0 Å². The molecule has 0 bridgehead atoms. The Morgan fingerprint density at radius 3 is 2.81 bits per heavy atom. The Morgan fingerprint density at radius 2 is 2.19 bits per heavy atom. The number of benzene rings is 1. The number of rotatable bonds is 3. The van der Waals surface area contributed by atoms with E-state index >= 15 is 0 Å². The minimum Gasteiger partial charge on any atom is -0.440 e. The number of aliphatic hydroxyl groups excluding tert-OH is 1. The highest BCUT2D eigenvalue weighted by molar-refractivity contribution is 5.73. The number of hydrogen-bond acceptors (Lipinski definition) is 4. The number of aliphatic hydroxyl groups is 1. The second kappa shape index (κ2) is 4.23. The fourth-order valence-electron chi connectivity index (χ4n) is 1.54. The molecule has 0 aliphatic heterocycles. The lowest BCUT2D eigenvalue weighted by molar-refractivity contribution is 0.268. The van der Waals surface area contributed by atoms with Gasteiger partial charge in [-0.25, -0.2) is 4.98 Å². The Hall–Kier alpha value is -1.39. The van der Waals surface area contributed by atoms with Crippen LogP contribution < -0.4 is 5.73 Å². The van der Waals surface area contributed by atoms with Crippen LogP contribution in [0.5, 0.6) is 0 Å². The molecule has 1 unspecified atom stereocenters. The van der Waals surface area contributed by atoms with Gasteiger partial charge in [0.1, 0.15) is 5.52 Å². The van der Waals surface area contributed by atoms with Gasteiger partial charge in [-0.15, -0.1) is 0 Å². The molecule has 1 aromatic heterocycles. The van der Waals surface area contributed by atoms with Crippen molar-refractivity contribution < 1.29 is 9.52 Å². The molecule has 3 N–H and O–H groups in total. The molecule has 0 aliphatic rings. The number of nitrogens with two attached hydrogens (primary N) is 1. The molecule has 0 saturated heterocycles.